The maximum absolute atomic E-state index is 13.0. The number of aliphatic hydroxyl groups excluding tert-OH is 2. The summed E-state index contributed by atoms with van der Waals surface area (Å²) in [6.07, 6.45) is -0.364. The lowest BCUT2D eigenvalue weighted by molar-refractivity contribution is 0.0582. The van der Waals surface area contributed by atoms with Gasteiger partial charge in [0.25, 0.3) is 5.56 Å². The van der Waals surface area contributed by atoms with Crippen LogP contribution in [0.15, 0.2) is 27.3 Å². The van der Waals surface area contributed by atoms with Crippen LogP contribution in [0.4, 0.5) is 4.39 Å². The van der Waals surface area contributed by atoms with Crippen molar-refractivity contribution in [2.24, 2.45) is 0 Å². The summed E-state index contributed by atoms with van der Waals surface area (Å²) < 4.78 is 18.8. The van der Waals surface area contributed by atoms with E-state index >= 15 is 0 Å². The van der Waals surface area contributed by atoms with Crippen molar-refractivity contribution in [2.75, 3.05) is 6.61 Å². The van der Waals surface area contributed by atoms with Crippen LogP contribution in [-0.4, -0.2) is 26.4 Å². The molecule has 1 aliphatic rings. The Morgan fingerprint density at radius 2 is 2.29 bits per heavy atom. The largest absolute Gasteiger partial charge is 0.508 e. The van der Waals surface area contributed by atoms with Gasteiger partial charge in [-0.05, 0) is 0 Å². The van der Waals surface area contributed by atoms with Crippen LogP contribution in [0.25, 0.3) is 0 Å². The quantitative estimate of drug-likeness (QED) is 0.641. The van der Waals surface area contributed by atoms with E-state index in [9.17, 15) is 19.1 Å². The summed E-state index contributed by atoms with van der Waals surface area (Å²) in [5, 5.41) is 18.2. The predicted octanol–water partition coefficient (Wildman–Crippen LogP) is -0.643. The zero-order valence-electron chi connectivity index (χ0n) is 8.51. The van der Waals surface area contributed by atoms with Crippen LogP contribution >= 0.6 is 0 Å². The maximum Gasteiger partial charge on any atom is 0.331 e. The van der Waals surface area contributed by atoms with E-state index in [0.717, 1.165) is 4.57 Å². The minimum Gasteiger partial charge on any atom is -0.508 e. The van der Waals surface area contributed by atoms with E-state index in [-0.39, 0.29) is 17.9 Å². The van der Waals surface area contributed by atoms with Crippen LogP contribution in [-0.2, 0) is 4.74 Å². The summed E-state index contributed by atoms with van der Waals surface area (Å²) >= 11 is 0. The minimum absolute atomic E-state index is 0.0755. The molecule has 0 amide bonds. The Kier molecular flexibility index (Phi) is 2.72. The Hall–Kier alpha value is -2.09. The summed E-state index contributed by atoms with van der Waals surface area (Å²) in [6, 6.07) is 0. The van der Waals surface area contributed by atoms with Gasteiger partial charge in [0.2, 0.25) is 5.82 Å². The Balaban J connectivity index is 2.36. The van der Waals surface area contributed by atoms with Gasteiger partial charge >= 0.3 is 5.69 Å². The molecule has 1 aromatic heterocycles. The van der Waals surface area contributed by atoms with Crippen molar-refractivity contribution in [1.82, 2.24) is 9.55 Å². The average molecular weight is 244 g/mol. The van der Waals surface area contributed by atoms with E-state index in [4.69, 9.17) is 9.84 Å². The standard InChI is InChI=1S/C9H9FN2O5/c10-4-2-12(9(16)11-8(4)15)7-1-5(14)6(3-13)17-7/h2,7,13-14H,1,3H2,(H,11,15,16). The number of H-pyrrole nitrogens is 1. The van der Waals surface area contributed by atoms with E-state index < -0.39 is 29.9 Å². The zero-order chi connectivity index (χ0) is 12.6. The van der Waals surface area contributed by atoms with E-state index in [1.54, 1.807) is 4.98 Å². The summed E-state index contributed by atoms with van der Waals surface area (Å²) in [5.74, 6) is -1.42. The number of aromatic amines is 1. The lowest BCUT2D eigenvalue weighted by atomic mass is 10.3. The molecule has 0 saturated heterocycles. The van der Waals surface area contributed by atoms with Crippen molar-refractivity contribution in [2.45, 2.75) is 12.6 Å². The van der Waals surface area contributed by atoms with Crippen molar-refractivity contribution >= 4 is 0 Å². The third kappa shape index (κ3) is 1.94. The Bertz CT molecular complexity index is 588. The number of hydrogen-bond acceptors (Lipinski definition) is 5. The van der Waals surface area contributed by atoms with E-state index in [1.165, 1.54) is 0 Å². The number of nitrogens with one attached hydrogen (secondary N) is 1. The van der Waals surface area contributed by atoms with Crippen LogP contribution in [0.3, 0.4) is 0 Å². The highest BCUT2D eigenvalue weighted by Crippen LogP contribution is 2.29. The molecule has 0 bridgehead atoms. The van der Waals surface area contributed by atoms with Crippen LogP contribution in [0, 0.1) is 5.82 Å². The molecule has 2 heterocycles. The molecular formula is C9H9FN2O5. The first-order valence-electron chi connectivity index (χ1n) is 4.72. The minimum atomic E-state index is -1.13. The monoisotopic (exact) mass is 244 g/mol. The fraction of sp³-hybridized carbons (Fsp3) is 0.333. The molecule has 1 atom stereocenters. The highest BCUT2D eigenvalue weighted by molar-refractivity contribution is 5.07. The number of ether oxygens (including phenoxy) is 1. The molecule has 0 aromatic carbocycles. The predicted molar refractivity (Wildman–Crippen MR) is 52.8 cm³/mol. The molecule has 3 N–H and O–H groups in total. The van der Waals surface area contributed by atoms with Gasteiger partial charge < -0.3 is 14.9 Å². The first kappa shape index (κ1) is 11.4. The molecule has 0 aliphatic carbocycles. The molecule has 2 rings (SSSR count). The third-order valence-electron chi connectivity index (χ3n) is 2.35. The van der Waals surface area contributed by atoms with Gasteiger partial charge in [-0.25, -0.2) is 4.79 Å². The van der Waals surface area contributed by atoms with Crippen LogP contribution < -0.4 is 11.2 Å². The van der Waals surface area contributed by atoms with Crippen LogP contribution in [0.2, 0.25) is 0 Å². The lowest BCUT2D eigenvalue weighted by Crippen LogP contribution is -2.33. The van der Waals surface area contributed by atoms with Crippen molar-refractivity contribution < 1.29 is 19.3 Å². The van der Waals surface area contributed by atoms with Gasteiger partial charge in [0.1, 0.15) is 12.4 Å². The second-order valence-corrected chi connectivity index (χ2v) is 3.45. The van der Waals surface area contributed by atoms with Gasteiger partial charge in [-0.1, -0.05) is 0 Å². The Morgan fingerprint density at radius 1 is 1.59 bits per heavy atom. The summed E-state index contributed by atoms with van der Waals surface area (Å²) in [7, 11) is 0. The van der Waals surface area contributed by atoms with Gasteiger partial charge in [0, 0.05) is 0 Å². The second-order valence-electron chi connectivity index (χ2n) is 3.45. The first-order valence-corrected chi connectivity index (χ1v) is 4.72. The number of hydrogen-bond donors (Lipinski definition) is 3. The van der Waals surface area contributed by atoms with Crippen molar-refractivity contribution in [3.8, 4) is 0 Å². The summed E-state index contributed by atoms with van der Waals surface area (Å²) in [5.41, 5.74) is -1.97. The Morgan fingerprint density at radius 3 is 2.88 bits per heavy atom. The van der Waals surface area contributed by atoms with Gasteiger partial charge in [-0.2, -0.15) is 4.39 Å². The molecule has 92 valence electrons. The third-order valence-corrected chi connectivity index (χ3v) is 2.35. The first-order chi connectivity index (χ1) is 8.02. The number of nitrogens with zero attached hydrogens (tertiary/aromatic N) is 1. The fourth-order valence-corrected chi connectivity index (χ4v) is 1.51. The van der Waals surface area contributed by atoms with Crippen LogP contribution in [0.5, 0.6) is 0 Å². The number of halogens is 1. The van der Waals surface area contributed by atoms with Crippen molar-refractivity contribution in [3.05, 3.63) is 44.4 Å². The molecule has 0 spiro atoms. The molecule has 1 unspecified atom stereocenters. The summed E-state index contributed by atoms with van der Waals surface area (Å²) in [6.45, 7) is -0.525. The van der Waals surface area contributed by atoms with Gasteiger partial charge in [-0.15, -0.1) is 0 Å². The smallest absolute Gasteiger partial charge is 0.331 e. The topological polar surface area (TPSA) is 105 Å². The molecule has 0 saturated carbocycles. The van der Waals surface area contributed by atoms with E-state index in [0.29, 0.717) is 6.20 Å². The zero-order valence-corrected chi connectivity index (χ0v) is 8.51. The molecular weight excluding hydrogens is 235 g/mol. The van der Waals surface area contributed by atoms with Gasteiger partial charge in [-0.3, -0.25) is 14.3 Å². The molecule has 7 nitrogen and oxygen atoms in total. The highest BCUT2D eigenvalue weighted by atomic mass is 19.1. The molecule has 0 radical (unpaired) electrons. The second kappa shape index (κ2) is 4.06. The number of rotatable bonds is 2. The fourth-order valence-electron chi connectivity index (χ4n) is 1.51. The summed E-state index contributed by atoms with van der Waals surface area (Å²) in [4.78, 5) is 24.0. The molecule has 1 aromatic rings. The number of aromatic nitrogens is 2. The SMILES string of the molecule is O=c1[nH]c(=O)n(C2CC(O)=C(CO)O2)cc1F. The van der Waals surface area contributed by atoms with Gasteiger partial charge in [0.05, 0.1) is 12.6 Å². The number of aliphatic hydroxyl groups is 2. The molecule has 0 fully saturated rings. The lowest BCUT2D eigenvalue weighted by Gasteiger charge is -2.13. The average Bonchev–Trinajstić information content (AvgIpc) is 2.65. The highest BCUT2D eigenvalue weighted by Gasteiger charge is 2.27. The van der Waals surface area contributed by atoms with Crippen LogP contribution in [0.1, 0.15) is 12.6 Å². The van der Waals surface area contributed by atoms with Gasteiger partial charge in [0.15, 0.2) is 12.0 Å². The van der Waals surface area contributed by atoms with Crippen molar-refractivity contribution in [1.29, 1.82) is 0 Å². The normalized spacial score (nSPS) is 19.5. The molecule has 8 heteroatoms. The molecule has 17 heavy (non-hydrogen) atoms. The van der Waals surface area contributed by atoms with Crippen molar-refractivity contribution in [3.63, 3.8) is 0 Å². The Labute approximate surface area is 93.4 Å². The molecule has 1 aliphatic heterocycles. The van der Waals surface area contributed by atoms with E-state index in [2.05, 4.69) is 0 Å². The maximum atomic E-state index is 13.0. The van der Waals surface area contributed by atoms with E-state index in [1.807, 2.05) is 0 Å².